The molecular weight excluding hydrogens is 593 g/mol. The normalized spacial score (nSPS) is 15.3. The molecule has 3 rings (SSSR count). The van der Waals surface area contributed by atoms with E-state index in [0.29, 0.717) is 11.3 Å². The Kier molecular flexibility index (Phi) is 4.37. The van der Waals surface area contributed by atoms with Gasteiger partial charge in [0.2, 0.25) is 0 Å². The maximum absolute atomic E-state index is 12.0. The van der Waals surface area contributed by atoms with Gasteiger partial charge in [-0.3, -0.25) is 0 Å². The number of esters is 1. The minimum Gasteiger partial charge on any atom is -0.422 e. The second-order valence-electron chi connectivity index (χ2n) is 4.22. The number of hydrogen-bond donors (Lipinski definition) is 0. The third kappa shape index (κ3) is 2.63. The van der Waals surface area contributed by atoms with Gasteiger partial charge in [0.1, 0.15) is 5.76 Å². The van der Waals surface area contributed by atoms with Crippen molar-refractivity contribution < 1.29 is 9.53 Å². The predicted octanol–water partition coefficient (Wildman–Crippen LogP) is 5.17. The van der Waals surface area contributed by atoms with Crippen LogP contribution in [0, 0.1) is 10.7 Å². The topological polar surface area (TPSA) is 26.3 Å². The van der Waals surface area contributed by atoms with Crippen molar-refractivity contribution in [1.29, 1.82) is 0 Å². The molecule has 0 bridgehead atoms. The molecule has 0 fully saturated rings. The van der Waals surface area contributed by atoms with E-state index in [0.717, 1.165) is 21.8 Å². The summed E-state index contributed by atoms with van der Waals surface area (Å²) in [7, 11) is 0. The molecule has 20 heavy (non-hydrogen) atoms. The second-order valence-corrected chi connectivity index (χ2v) is 7.54. The van der Waals surface area contributed by atoms with Gasteiger partial charge in [0.15, 0.2) is 0 Å². The third-order valence-corrected chi connectivity index (χ3v) is 8.04. The molecule has 0 saturated carbocycles. The molecule has 2 aromatic carbocycles. The van der Waals surface area contributed by atoms with Crippen LogP contribution in [-0.4, -0.2) is 5.97 Å². The number of rotatable bonds is 1. The highest BCUT2D eigenvalue weighted by atomic mass is 127. The van der Waals surface area contributed by atoms with Gasteiger partial charge in [0.25, 0.3) is 0 Å². The molecule has 0 saturated heterocycles. The second kappa shape index (κ2) is 5.91. The lowest BCUT2D eigenvalue weighted by Gasteiger charge is -2.05. The molecule has 0 amide bonds. The average molecular weight is 600 g/mol. The molecule has 1 aliphatic rings. The molecule has 0 aliphatic carbocycles. The van der Waals surface area contributed by atoms with E-state index < -0.39 is 0 Å². The van der Waals surface area contributed by atoms with E-state index in [1.165, 1.54) is 0 Å². The summed E-state index contributed by atoms with van der Waals surface area (Å²) in [6, 6.07) is 11.8. The number of fused-ring (bicyclic) bond motifs is 1. The predicted molar refractivity (Wildman–Crippen MR) is 104 cm³/mol. The number of ether oxygens (including phenoxy) is 1. The van der Waals surface area contributed by atoms with Crippen LogP contribution in [0.2, 0.25) is 0 Å². The van der Waals surface area contributed by atoms with E-state index in [2.05, 4.69) is 67.8 Å². The van der Waals surface area contributed by atoms with Crippen molar-refractivity contribution in [2.24, 2.45) is 0 Å². The van der Waals surface area contributed by atoms with Crippen LogP contribution in [0.15, 0.2) is 36.4 Å². The van der Waals surface area contributed by atoms with Crippen LogP contribution in [0.5, 0.6) is 0 Å². The molecule has 1 heterocycles. The van der Waals surface area contributed by atoms with E-state index in [1.54, 1.807) is 0 Å². The summed E-state index contributed by atoms with van der Waals surface area (Å²) in [6.45, 7) is 0. The van der Waals surface area contributed by atoms with Gasteiger partial charge in [0.05, 0.1) is 5.56 Å². The first-order chi connectivity index (χ1) is 9.58. The summed E-state index contributed by atoms with van der Waals surface area (Å²) in [5.74, 6) is 0.365. The fourth-order valence-corrected chi connectivity index (χ4v) is 4.37. The van der Waals surface area contributed by atoms with Gasteiger partial charge < -0.3 is 4.74 Å². The Labute approximate surface area is 157 Å². The van der Waals surface area contributed by atoms with Gasteiger partial charge in [-0.1, -0.05) is 30.3 Å². The Morgan fingerprint density at radius 3 is 2.40 bits per heavy atom. The zero-order valence-electron chi connectivity index (χ0n) is 9.99. The monoisotopic (exact) mass is 600 g/mol. The van der Waals surface area contributed by atoms with Crippen LogP contribution in [0.25, 0.3) is 11.8 Å². The van der Waals surface area contributed by atoms with Crippen molar-refractivity contribution in [3.63, 3.8) is 0 Å². The first kappa shape index (κ1) is 14.8. The quantitative estimate of drug-likeness (QED) is 0.257. The van der Waals surface area contributed by atoms with E-state index >= 15 is 0 Å². The van der Waals surface area contributed by atoms with E-state index in [-0.39, 0.29) is 5.97 Å². The molecule has 0 N–H and O–H groups in total. The summed E-state index contributed by atoms with van der Waals surface area (Å²) < 4.78 is 8.73. The molecule has 0 unspecified atom stereocenters. The maximum Gasteiger partial charge on any atom is 0.344 e. The van der Waals surface area contributed by atoms with E-state index in [4.69, 9.17) is 4.74 Å². The van der Waals surface area contributed by atoms with Crippen molar-refractivity contribution in [2.45, 2.75) is 0 Å². The number of benzene rings is 2. The SMILES string of the molecule is O=C1OC(=Cc2ccccc2)c2c1cc(I)c(I)c2I. The molecule has 0 radical (unpaired) electrons. The molecule has 0 spiro atoms. The van der Waals surface area contributed by atoms with E-state index in [9.17, 15) is 4.79 Å². The lowest BCUT2D eigenvalue weighted by atomic mass is 10.1. The summed E-state index contributed by atoms with van der Waals surface area (Å²) >= 11 is 6.82. The smallest absolute Gasteiger partial charge is 0.344 e. The molecule has 0 atom stereocenters. The average Bonchev–Trinajstić information content (AvgIpc) is 2.74. The summed E-state index contributed by atoms with van der Waals surface area (Å²) in [5.41, 5.74) is 2.58. The third-order valence-electron chi connectivity index (χ3n) is 2.93. The summed E-state index contributed by atoms with van der Waals surface area (Å²) in [5, 5.41) is 0. The van der Waals surface area contributed by atoms with Crippen molar-refractivity contribution in [1.82, 2.24) is 0 Å². The number of cyclic esters (lactones) is 1. The molecule has 100 valence electrons. The summed E-state index contributed by atoms with van der Waals surface area (Å²) in [4.78, 5) is 12.0. The van der Waals surface area contributed by atoms with Crippen molar-refractivity contribution >= 4 is 85.6 Å². The van der Waals surface area contributed by atoms with Gasteiger partial charge >= 0.3 is 5.97 Å². The maximum atomic E-state index is 12.0. The van der Waals surface area contributed by atoms with Crippen LogP contribution in [0.3, 0.4) is 0 Å². The first-order valence-corrected chi connectivity index (χ1v) is 8.98. The number of carbonyl (C=O) groups excluding carboxylic acids is 1. The van der Waals surface area contributed by atoms with Gasteiger partial charge in [0, 0.05) is 16.3 Å². The van der Waals surface area contributed by atoms with Crippen LogP contribution < -0.4 is 0 Å². The molecule has 0 aromatic heterocycles. The molecular formula is C15H7I3O2. The highest BCUT2D eigenvalue weighted by Crippen LogP contribution is 2.38. The lowest BCUT2D eigenvalue weighted by molar-refractivity contribution is 0.0717. The molecule has 2 nitrogen and oxygen atoms in total. The summed E-state index contributed by atoms with van der Waals surface area (Å²) in [6.07, 6.45) is 1.91. The van der Waals surface area contributed by atoms with Gasteiger partial charge in [-0.2, -0.15) is 0 Å². The van der Waals surface area contributed by atoms with Crippen LogP contribution in [-0.2, 0) is 4.74 Å². The Morgan fingerprint density at radius 2 is 1.70 bits per heavy atom. The number of hydrogen-bond acceptors (Lipinski definition) is 2. The highest BCUT2D eigenvalue weighted by Gasteiger charge is 2.30. The molecule has 1 aliphatic heterocycles. The van der Waals surface area contributed by atoms with Gasteiger partial charge in [-0.25, -0.2) is 4.79 Å². The zero-order chi connectivity index (χ0) is 14.3. The zero-order valence-corrected chi connectivity index (χ0v) is 16.5. The van der Waals surface area contributed by atoms with Crippen molar-refractivity contribution in [3.8, 4) is 0 Å². The first-order valence-electron chi connectivity index (χ1n) is 5.74. The Bertz CT molecular complexity index is 737. The fraction of sp³-hybridized carbons (Fsp3) is 0. The minimum absolute atomic E-state index is 0.269. The van der Waals surface area contributed by atoms with Crippen LogP contribution in [0.1, 0.15) is 21.5 Å². The van der Waals surface area contributed by atoms with E-state index in [1.807, 2.05) is 42.5 Å². The lowest BCUT2D eigenvalue weighted by Crippen LogP contribution is -1.97. The minimum atomic E-state index is -0.269. The van der Waals surface area contributed by atoms with Crippen LogP contribution in [0.4, 0.5) is 0 Å². The standard InChI is InChI=1S/C15H7I3O2/c16-10-7-9-12(14(18)13(10)17)11(20-15(9)19)6-8-4-2-1-3-5-8/h1-7H. The van der Waals surface area contributed by atoms with Crippen molar-refractivity contribution in [3.05, 3.63) is 63.8 Å². The Hall–Kier alpha value is -0.160. The fourth-order valence-electron chi connectivity index (χ4n) is 2.01. The largest absolute Gasteiger partial charge is 0.422 e. The van der Waals surface area contributed by atoms with Gasteiger partial charge in [-0.15, -0.1) is 0 Å². The Morgan fingerprint density at radius 1 is 1.00 bits per heavy atom. The van der Waals surface area contributed by atoms with Gasteiger partial charge in [-0.05, 0) is 85.5 Å². The molecule has 5 heteroatoms. The Balaban J connectivity index is 2.19. The van der Waals surface area contributed by atoms with Crippen molar-refractivity contribution in [2.75, 3.05) is 0 Å². The highest BCUT2D eigenvalue weighted by molar-refractivity contribution is 14.1. The molecule has 2 aromatic rings. The van der Waals surface area contributed by atoms with Crippen LogP contribution >= 0.6 is 67.8 Å². The number of halogens is 3. The number of carbonyl (C=O) groups is 1.